The number of hydrogen-bond acceptors (Lipinski definition) is 4. The number of aromatic nitrogens is 2. The predicted octanol–water partition coefficient (Wildman–Crippen LogP) is 3.67. The average Bonchev–Trinajstić information content (AvgIpc) is 2.79. The number of pyridine rings is 2. The molecule has 1 amide bonds. The fraction of sp³-hybridized carbons (Fsp3) is 0.0435. The Hall–Kier alpha value is -3.97. The van der Waals surface area contributed by atoms with Crippen LogP contribution >= 0.6 is 11.6 Å². The van der Waals surface area contributed by atoms with E-state index in [0.717, 1.165) is 0 Å². The molecule has 0 aliphatic rings. The zero-order valence-corrected chi connectivity index (χ0v) is 16.8. The normalized spacial score (nSPS) is 10.7. The highest BCUT2D eigenvalue weighted by atomic mass is 35.5. The van der Waals surface area contributed by atoms with Gasteiger partial charge in [-0.25, -0.2) is 4.79 Å². The highest BCUT2D eigenvalue weighted by molar-refractivity contribution is 6.31. The summed E-state index contributed by atoms with van der Waals surface area (Å²) in [6.45, 7) is -0.257. The van der Waals surface area contributed by atoms with Crippen molar-refractivity contribution in [3.63, 3.8) is 0 Å². The van der Waals surface area contributed by atoms with Crippen molar-refractivity contribution in [3.8, 4) is 5.69 Å². The van der Waals surface area contributed by atoms with Crippen LogP contribution in [0.5, 0.6) is 0 Å². The standard InChI is InChI=1S/C23H16ClN3O4/c24-15-6-7-17-19(12-15)27(16-4-2-1-3-5-16)20(23(30)31)18(21(17)28)13-26-22(29)14-8-10-25-11-9-14/h1-12H,13H2,(H,26,29)(H,30,31). The Balaban J connectivity index is 1.93. The molecule has 0 saturated carbocycles. The van der Waals surface area contributed by atoms with Crippen LogP contribution in [0.1, 0.15) is 26.4 Å². The number of carbonyl (C=O) groups excluding carboxylic acids is 1. The summed E-state index contributed by atoms with van der Waals surface area (Å²) in [6, 6.07) is 16.5. The smallest absolute Gasteiger partial charge is 0.353 e. The van der Waals surface area contributed by atoms with Gasteiger partial charge in [0, 0.05) is 40.6 Å². The molecule has 0 atom stereocenters. The summed E-state index contributed by atoms with van der Waals surface area (Å²) in [6.07, 6.45) is 2.94. The van der Waals surface area contributed by atoms with Gasteiger partial charge in [-0.15, -0.1) is 0 Å². The van der Waals surface area contributed by atoms with Crippen LogP contribution < -0.4 is 10.7 Å². The molecule has 0 aliphatic heterocycles. The van der Waals surface area contributed by atoms with Gasteiger partial charge in [-0.3, -0.25) is 14.6 Å². The first-order chi connectivity index (χ1) is 15.0. The van der Waals surface area contributed by atoms with E-state index in [4.69, 9.17) is 11.6 Å². The lowest BCUT2D eigenvalue weighted by Crippen LogP contribution is -2.30. The molecule has 2 N–H and O–H groups in total. The lowest BCUT2D eigenvalue weighted by atomic mass is 10.1. The number of aromatic carboxylic acids is 1. The van der Waals surface area contributed by atoms with Crippen molar-refractivity contribution in [1.29, 1.82) is 0 Å². The SMILES string of the molecule is O=C(NCc1c(C(=O)O)n(-c2ccccc2)c2cc(Cl)ccc2c1=O)c1ccncc1. The lowest BCUT2D eigenvalue weighted by molar-refractivity contribution is 0.0685. The number of benzene rings is 2. The molecule has 0 unspecified atom stereocenters. The number of carbonyl (C=O) groups is 2. The van der Waals surface area contributed by atoms with Crippen LogP contribution in [-0.2, 0) is 6.54 Å². The topological polar surface area (TPSA) is 101 Å². The summed E-state index contributed by atoms with van der Waals surface area (Å²) < 4.78 is 1.47. The Kier molecular flexibility index (Phi) is 5.51. The fourth-order valence-electron chi connectivity index (χ4n) is 3.42. The number of carboxylic acid groups (broad SMARTS) is 1. The number of fused-ring (bicyclic) bond motifs is 1. The molecule has 0 radical (unpaired) electrons. The Bertz CT molecular complexity index is 1350. The van der Waals surface area contributed by atoms with Crippen molar-refractivity contribution in [3.05, 3.63) is 105 Å². The Morgan fingerprint density at radius 3 is 2.42 bits per heavy atom. The number of para-hydroxylation sites is 1. The van der Waals surface area contributed by atoms with Crippen LogP contribution in [0, 0.1) is 0 Å². The lowest BCUT2D eigenvalue weighted by Gasteiger charge is -2.19. The molecular weight excluding hydrogens is 418 g/mol. The van der Waals surface area contributed by atoms with Crippen molar-refractivity contribution < 1.29 is 14.7 Å². The van der Waals surface area contributed by atoms with E-state index in [1.165, 1.54) is 29.1 Å². The first-order valence-electron chi connectivity index (χ1n) is 9.31. The van der Waals surface area contributed by atoms with Crippen molar-refractivity contribution >= 4 is 34.4 Å². The second-order valence-electron chi connectivity index (χ2n) is 6.71. The fourth-order valence-corrected chi connectivity index (χ4v) is 3.58. The minimum Gasteiger partial charge on any atom is -0.477 e. The molecule has 0 saturated heterocycles. The summed E-state index contributed by atoms with van der Waals surface area (Å²) in [5.41, 5.74) is 0.517. The number of amides is 1. The molecule has 0 fully saturated rings. The largest absolute Gasteiger partial charge is 0.477 e. The molecule has 2 aromatic heterocycles. The van der Waals surface area contributed by atoms with Gasteiger partial charge in [-0.1, -0.05) is 29.8 Å². The van der Waals surface area contributed by atoms with Crippen LogP contribution in [0.15, 0.2) is 77.9 Å². The number of carboxylic acids is 1. The van der Waals surface area contributed by atoms with E-state index in [2.05, 4.69) is 10.3 Å². The van der Waals surface area contributed by atoms with Gasteiger partial charge in [-0.2, -0.15) is 0 Å². The molecule has 2 aromatic carbocycles. The zero-order chi connectivity index (χ0) is 22.0. The van der Waals surface area contributed by atoms with E-state index in [1.54, 1.807) is 48.5 Å². The van der Waals surface area contributed by atoms with E-state index in [9.17, 15) is 19.5 Å². The quantitative estimate of drug-likeness (QED) is 0.500. The summed E-state index contributed by atoms with van der Waals surface area (Å²) in [5.74, 6) is -1.74. The number of hydrogen-bond donors (Lipinski definition) is 2. The summed E-state index contributed by atoms with van der Waals surface area (Å²) in [7, 11) is 0. The van der Waals surface area contributed by atoms with Gasteiger partial charge < -0.3 is 15.0 Å². The highest BCUT2D eigenvalue weighted by Gasteiger charge is 2.23. The van der Waals surface area contributed by atoms with Gasteiger partial charge in [0.2, 0.25) is 0 Å². The molecule has 4 aromatic rings. The maximum absolute atomic E-state index is 13.2. The van der Waals surface area contributed by atoms with Crippen LogP contribution in [-0.4, -0.2) is 26.5 Å². The zero-order valence-electron chi connectivity index (χ0n) is 16.1. The number of rotatable bonds is 5. The Labute approximate surface area is 181 Å². The van der Waals surface area contributed by atoms with Crippen LogP contribution in [0.2, 0.25) is 5.02 Å². The third kappa shape index (κ3) is 3.91. The van der Waals surface area contributed by atoms with Crippen molar-refractivity contribution in [2.24, 2.45) is 0 Å². The molecule has 0 aliphatic carbocycles. The summed E-state index contributed by atoms with van der Waals surface area (Å²) in [5, 5.41) is 13.3. The van der Waals surface area contributed by atoms with E-state index in [0.29, 0.717) is 27.2 Å². The van der Waals surface area contributed by atoms with Crippen LogP contribution in [0.3, 0.4) is 0 Å². The molecule has 31 heavy (non-hydrogen) atoms. The predicted molar refractivity (Wildman–Crippen MR) is 117 cm³/mol. The minimum absolute atomic E-state index is 0.0337. The highest BCUT2D eigenvalue weighted by Crippen LogP contribution is 2.25. The molecule has 0 spiro atoms. The number of halogens is 1. The van der Waals surface area contributed by atoms with Gasteiger partial charge in [0.1, 0.15) is 5.69 Å². The molecule has 0 bridgehead atoms. The van der Waals surface area contributed by atoms with Gasteiger partial charge in [0.15, 0.2) is 5.43 Å². The van der Waals surface area contributed by atoms with Crippen molar-refractivity contribution in [2.75, 3.05) is 0 Å². The molecule has 2 heterocycles. The number of nitrogens with one attached hydrogen (secondary N) is 1. The molecule has 4 rings (SSSR count). The Morgan fingerprint density at radius 2 is 1.74 bits per heavy atom. The summed E-state index contributed by atoms with van der Waals surface area (Å²) >= 11 is 6.15. The maximum atomic E-state index is 13.2. The second-order valence-corrected chi connectivity index (χ2v) is 7.15. The van der Waals surface area contributed by atoms with E-state index >= 15 is 0 Å². The van der Waals surface area contributed by atoms with E-state index < -0.39 is 17.3 Å². The monoisotopic (exact) mass is 433 g/mol. The van der Waals surface area contributed by atoms with Crippen molar-refractivity contribution in [2.45, 2.75) is 6.54 Å². The first kappa shape index (κ1) is 20.3. The van der Waals surface area contributed by atoms with E-state index in [-0.39, 0.29) is 17.8 Å². The third-order valence-electron chi connectivity index (χ3n) is 4.81. The molecule has 8 heteroatoms. The average molecular weight is 434 g/mol. The third-order valence-corrected chi connectivity index (χ3v) is 5.05. The second kappa shape index (κ2) is 8.41. The van der Waals surface area contributed by atoms with Crippen LogP contribution in [0.25, 0.3) is 16.6 Å². The van der Waals surface area contributed by atoms with Gasteiger partial charge >= 0.3 is 5.97 Å². The maximum Gasteiger partial charge on any atom is 0.353 e. The van der Waals surface area contributed by atoms with E-state index in [1.807, 2.05) is 0 Å². The van der Waals surface area contributed by atoms with Crippen molar-refractivity contribution in [1.82, 2.24) is 14.9 Å². The Morgan fingerprint density at radius 1 is 1.03 bits per heavy atom. The molecule has 7 nitrogen and oxygen atoms in total. The van der Waals surface area contributed by atoms with Gasteiger partial charge in [0.25, 0.3) is 5.91 Å². The van der Waals surface area contributed by atoms with Gasteiger partial charge in [-0.05, 0) is 42.5 Å². The van der Waals surface area contributed by atoms with Gasteiger partial charge in [0.05, 0.1) is 11.1 Å². The molecule has 154 valence electrons. The van der Waals surface area contributed by atoms with Crippen LogP contribution in [0.4, 0.5) is 0 Å². The first-order valence-corrected chi connectivity index (χ1v) is 9.69. The summed E-state index contributed by atoms with van der Waals surface area (Å²) in [4.78, 5) is 41.8. The minimum atomic E-state index is -1.30. The molecular formula is C23H16ClN3O4. The number of nitrogens with zero attached hydrogens (tertiary/aromatic N) is 2.